The Balaban J connectivity index is 1.65. The number of sulfonamides is 1. The average molecular weight is 401 g/mol. The lowest BCUT2D eigenvalue weighted by Gasteiger charge is -2.34. The number of rotatable bonds is 3. The number of hydrogen-bond donors (Lipinski definition) is 0. The van der Waals surface area contributed by atoms with Crippen molar-refractivity contribution in [1.29, 1.82) is 0 Å². The smallest absolute Gasteiger partial charge is 0.328 e. The van der Waals surface area contributed by atoms with Crippen molar-refractivity contribution >= 4 is 26.9 Å². The Hall–Kier alpha value is -2.65. The summed E-state index contributed by atoms with van der Waals surface area (Å²) in [5.41, 5.74) is 1.81. The number of aryl methyl sites for hydroxylation is 3. The quantitative estimate of drug-likeness (QED) is 0.656. The summed E-state index contributed by atoms with van der Waals surface area (Å²) in [4.78, 5) is 18.9. The van der Waals surface area contributed by atoms with E-state index in [4.69, 9.17) is 0 Å². The Labute approximate surface area is 163 Å². The van der Waals surface area contributed by atoms with Crippen molar-refractivity contribution in [3.8, 4) is 0 Å². The lowest BCUT2D eigenvalue weighted by atomic mass is 10.2. The summed E-state index contributed by atoms with van der Waals surface area (Å²) in [5, 5.41) is 0. The summed E-state index contributed by atoms with van der Waals surface area (Å²) in [6.45, 7) is 3.73. The fourth-order valence-corrected chi connectivity index (χ4v) is 5.39. The van der Waals surface area contributed by atoms with E-state index in [9.17, 15) is 13.2 Å². The van der Waals surface area contributed by atoms with Gasteiger partial charge in [0.1, 0.15) is 5.82 Å². The summed E-state index contributed by atoms with van der Waals surface area (Å²) in [6.07, 6.45) is 1.74. The summed E-state index contributed by atoms with van der Waals surface area (Å²) < 4.78 is 31.1. The van der Waals surface area contributed by atoms with Gasteiger partial charge < -0.3 is 4.90 Å². The predicted molar refractivity (Wildman–Crippen MR) is 108 cm³/mol. The number of hydrogen-bond acceptors (Lipinski definition) is 5. The highest BCUT2D eigenvalue weighted by Crippen LogP contribution is 2.26. The number of anilines is 1. The van der Waals surface area contributed by atoms with Crippen LogP contribution in [-0.2, 0) is 24.1 Å². The molecule has 0 bridgehead atoms. The van der Waals surface area contributed by atoms with Gasteiger partial charge >= 0.3 is 5.69 Å². The molecule has 2 aromatic heterocycles. The monoisotopic (exact) mass is 401 g/mol. The zero-order valence-electron chi connectivity index (χ0n) is 16.2. The van der Waals surface area contributed by atoms with Gasteiger partial charge in [0.2, 0.25) is 10.0 Å². The summed E-state index contributed by atoms with van der Waals surface area (Å²) in [5.74, 6) is 0.858. The highest BCUT2D eigenvalue weighted by molar-refractivity contribution is 7.89. The van der Waals surface area contributed by atoms with Crippen molar-refractivity contribution in [3.05, 3.63) is 52.6 Å². The lowest BCUT2D eigenvalue weighted by molar-refractivity contribution is 0.383. The van der Waals surface area contributed by atoms with Gasteiger partial charge in [0, 0.05) is 46.5 Å². The molecular formula is C19H23N5O3S. The van der Waals surface area contributed by atoms with Crippen molar-refractivity contribution in [2.24, 2.45) is 14.1 Å². The molecule has 0 N–H and O–H groups in total. The first-order valence-corrected chi connectivity index (χ1v) is 10.6. The molecule has 1 aromatic carbocycles. The van der Waals surface area contributed by atoms with Crippen molar-refractivity contribution < 1.29 is 8.42 Å². The number of fused-ring (bicyclic) bond motifs is 1. The van der Waals surface area contributed by atoms with Crippen LogP contribution in [0.15, 0.2) is 46.2 Å². The zero-order valence-corrected chi connectivity index (χ0v) is 17.0. The van der Waals surface area contributed by atoms with E-state index in [0.29, 0.717) is 37.3 Å². The van der Waals surface area contributed by atoms with Gasteiger partial charge in [-0.25, -0.2) is 18.2 Å². The SMILES string of the molecule is Cc1cc2c(cc1S(=O)(=O)N1CCN(c3ccccn3)CC1)n(C)c(=O)n2C. The van der Waals surface area contributed by atoms with Crippen LogP contribution in [0.25, 0.3) is 11.0 Å². The van der Waals surface area contributed by atoms with Gasteiger partial charge in [-0.1, -0.05) is 6.07 Å². The molecule has 148 valence electrons. The van der Waals surface area contributed by atoms with Crippen molar-refractivity contribution in [3.63, 3.8) is 0 Å². The molecule has 8 nitrogen and oxygen atoms in total. The van der Waals surface area contributed by atoms with E-state index in [1.807, 2.05) is 18.2 Å². The highest BCUT2D eigenvalue weighted by atomic mass is 32.2. The van der Waals surface area contributed by atoms with Crippen LogP contribution < -0.4 is 10.6 Å². The Morgan fingerprint density at radius 2 is 1.61 bits per heavy atom. The average Bonchev–Trinajstić information content (AvgIpc) is 2.92. The molecule has 0 saturated carbocycles. The lowest BCUT2D eigenvalue weighted by Crippen LogP contribution is -2.49. The third-order valence-corrected chi connectivity index (χ3v) is 7.44. The minimum absolute atomic E-state index is 0.173. The first-order chi connectivity index (χ1) is 13.3. The third kappa shape index (κ3) is 2.91. The normalized spacial score (nSPS) is 16.0. The van der Waals surface area contributed by atoms with Crippen LogP contribution in [0.5, 0.6) is 0 Å². The molecule has 0 aliphatic carbocycles. The summed E-state index contributed by atoms with van der Waals surface area (Å²) in [6, 6.07) is 9.10. The molecule has 3 heterocycles. The Morgan fingerprint density at radius 1 is 0.964 bits per heavy atom. The molecule has 4 rings (SSSR count). The molecule has 0 unspecified atom stereocenters. The van der Waals surface area contributed by atoms with Crippen LogP contribution in [0.1, 0.15) is 5.56 Å². The number of aromatic nitrogens is 3. The van der Waals surface area contributed by atoms with E-state index in [2.05, 4.69) is 9.88 Å². The molecule has 1 aliphatic rings. The van der Waals surface area contributed by atoms with E-state index in [1.165, 1.54) is 13.4 Å². The first kappa shape index (κ1) is 18.7. The maximum atomic E-state index is 13.3. The van der Waals surface area contributed by atoms with Crippen LogP contribution in [0.2, 0.25) is 0 Å². The van der Waals surface area contributed by atoms with Gasteiger partial charge in [0.15, 0.2) is 0 Å². The summed E-state index contributed by atoms with van der Waals surface area (Å²) in [7, 11) is -0.304. The first-order valence-electron chi connectivity index (χ1n) is 9.13. The van der Waals surface area contributed by atoms with Gasteiger partial charge in [-0.05, 0) is 36.8 Å². The molecule has 0 spiro atoms. The molecule has 1 saturated heterocycles. The topological polar surface area (TPSA) is 80.4 Å². The fraction of sp³-hybridized carbons (Fsp3) is 0.368. The maximum Gasteiger partial charge on any atom is 0.328 e. The number of imidazole rings is 1. The van der Waals surface area contributed by atoms with Gasteiger partial charge in [-0.15, -0.1) is 0 Å². The number of nitrogens with zero attached hydrogens (tertiary/aromatic N) is 5. The number of pyridine rings is 1. The summed E-state index contributed by atoms with van der Waals surface area (Å²) >= 11 is 0. The number of benzene rings is 1. The Morgan fingerprint density at radius 3 is 2.21 bits per heavy atom. The van der Waals surface area contributed by atoms with E-state index < -0.39 is 10.0 Å². The molecular weight excluding hydrogens is 378 g/mol. The molecule has 0 radical (unpaired) electrons. The molecule has 1 aliphatic heterocycles. The van der Waals surface area contributed by atoms with Crippen LogP contribution in [0.3, 0.4) is 0 Å². The second kappa shape index (κ2) is 6.75. The number of piperazine rings is 1. The molecule has 1 fully saturated rings. The van der Waals surface area contributed by atoms with E-state index in [0.717, 1.165) is 11.3 Å². The minimum Gasteiger partial charge on any atom is -0.354 e. The van der Waals surface area contributed by atoms with Crippen molar-refractivity contribution in [2.75, 3.05) is 31.1 Å². The van der Waals surface area contributed by atoms with Gasteiger partial charge in [-0.3, -0.25) is 9.13 Å². The molecule has 3 aromatic rings. The Kier molecular flexibility index (Phi) is 4.51. The largest absolute Gasteiger partial charge is 0.354 e. The van der Waals surface area contributed by atoms with Crippen molar-refractivity contribution in [2.45, 2.75) is 11.8 Å². The van der Waals surface area contributed by atoms with Gasteiger partial charge in [-0.2, -0.15) is 4.31 Å². The zero-order chi connectivity index (χ0) is 20.1. The second-order valence-electron chi connectivity index (χ2n) is 7.09. The van der Waals surface area contributed by atoms with Crippen LogP contribution in [0.4, 0.5) is 5.82 Å². The molecule has 28 heavy (non-hydrogen) atoms. The fourth-order valence-electron chi connectivity index (χ4n) is 3.75. The molecule has 0 amide bonds. The maximum absolute atomic E-state index is 13.3. The van der Waals surface area contributed by atoms with Crippen LogP contribution in [0, 0.1) is 6.92 Å². The standard InChI is InChI=1S/C19H23N5O3S/c1-14-12-15-16(22(3)19(25)21(15)2)13-17(14)28(26,27)24-10-8-23(9-11-24)18-6-4-5-7-20-18/h4-7,12-13H,8-11H2,1-3H3. The second-order valence-corrected chi connectivity index (χ2v) is 8.99. The van der Waals surface area contributed by atoms with Crippen LogP contribution in [-0.4, -0.2) is 53.0 Å². The van der Waals surface area contributed by atoms with Gasteiger partial charge in [0.25, 0.3) is 0 Å². The van der Waals surface area contributed by atoms with Crippen LogP contribution >= 0.6 is 0 Å². The predicted octanol–water partition coefficient (Wildman–Crippen LogP) is 1.09. The Bertz CT molecular complexity index is 1190. The molecule has 0 atom stereocenters. The van der Waals surface area contributed by atoms with Crippen molar-refractivity contribution in [1.82, 2.24) is 18.4 Å². The van der Waals surface area contributed by atoms with E-state index in [1.54, 1.807) is 39.3 Å². The minimum atomic E-state index is -3.65. The van der Waals surface area contributed by atoms with E-state index in [-0.39, 0.29) is 10.6 Å². The highest BCUT2D eigenvalue weighted by Gasteiger charge is 2.30. The third-order valence-electron chi connectivity index (χ3n) is 5.40. The van der Waals surface area contributed by atoms with E-state index >= 15 is 0 Å². The molecule has 9 heteroatoms. The van der Waals surface area contributed by atoms with Gasteiger partial charge in [0.05, 0.1) is 15.9 Å².